The Bertz CT molecular complexity index is 1830. The van der Waals surface area contributed by atoms with Crippen LogP contribution < -0.4 is 20.3 Å². The highest BCUT2D eigenvalue weighted by Crippen LogP contribution is 2.42. The van der Waals surface area contributed by atoms with Gasteiger partial charge in [-0.05, 0) is 50.8 Å². The van der Waals surface area contributed by atoms with Gasteiger partial charge in [0.2, 0.25) is 5.88 Å². The molecule has 14 nitrogen and oxygen atoms in total. The zero-order valence-electron chi connectivity index (χ0n) is 24.9. The molecule has 3 aromatic heterocycles. The molecule has 0 bridgehead atoms. The van der Waals surface area contributed by atoms with Gasteiger partial charge in [-0.15, -0.1) is 0 Å². The summed E-state index contributed by atoms with van der Waals surface area (Å²) in [4.78, 5) is 51.3. The summed E-state index contributed by atoms with van der Waals surface area (Å²) in [6, 6.07) is 3.01. The van der Waals surface area contributed by atoms with Gasteiger partial charge in [-0.2, -0.15) is 0 Å². The quantitative estimate of drug-likeness (QED) is 0.271. The van der Waals surface area contributed by atoms with Crippen LogP contribution in [0.5, 0.6) is 5.88 Å². The fourth-order valence-corrected chi connectivity index (χ4v) is 5.41. The molecule has 3 amide bonds. The van der Waals surface area contributed by atoms with Crippen molar-refractivity contribution < 1.29 is 38.1 Å². The smallest absolute Gasteiger partial charge is 0.413 e. The maximum atomic E-state index is 16.4. The van der Waals surface area contributed by atoms with E-state index in [-0.39, 0.29) is 52.7 Å². The van der Waals surface area contributed by atoms with Crippen LogP contribution in [0.1, 0.15) is 32.2 Å². The molecule has 2 aliphatic heterocycles. The van der Waals surface area contributed by atoms with E-state index < -0.39 is 35.8 Å². The number of rotatable bonds is 4. The predicted molar refractivity (Wildman–Crippen MR) is 160 cm³/mol. The number of carbonyl (C=O) groups excluding carboxylic acids is 2. The number of fused-ring (bicyclic) bond motifs is 3. The van der Waals surface area contributed by atoms with Crippen LogP contribution in [0.15, 0.2) is 36.9 Å². The minimum absolute atomic E-state index is 0.0115. The van der Waals surface area contributed by atoms with Gasteiger partial charge in [0, 0.05) is 47.7 Å². The molecule has 0 spiro atoms. The molecule has 0 saturated carbocycles. The molecule has 5 heterocycles. The van der Waals surface area contributed by atoms with Crippen LogP contribution in [0.4, 0.5) is 36.0 Å². The Morgan fingerprint density at radius 1 is 1.09 bits per heavy atom. The van der Waals surface area contributed by atoms with Crippen molar-refractivity contribution in [1.82, 2.24) is 19.5 Å². The largest absolute Gasteiger partial charge is 0.474 e. The number of nitrogens with one attached hydrogen (secondary N) is 2. The lowest BCUT2D eigenvalue weighted by molar-refractivity contribution is 0.0635. The molecule has 0 saturated heterocycles. The third-order valence-electron chi connectivity index (χ3n) is 7.32. The van der Waals surface area contributed by atoms with Crippen molar-refractivity contribution in [2.75, 3.05) is 28.7 Å². The average molecular weight is 620 g/mol. The van der Waals surface area contributed by atoms with Crippen molar-refractivity contribution in [2.24, 2.45) is 0 Å². The third kappa shape index (κ3) is 5.88. The number of hydrogen-bond acceptors (Lipinski definition) is 9. The lowest BCUT2D eigenvalue weighted by Gasteiger charge is -2.29. The standard InChI is InChI=1S/C30H30FN7O7/c1-15-19(12-34-26-25(15)38(29(41)42)7-8-43-26)18-9-16-10-21(35-27(39)44-17-11-22-32-5-6-37(22)14-17)33-13-20(16)24(23(18)31)36-28(40)45-30(2,3)4/h5-6,9-10,12-13,17H,7-8,11,14H2,1-4H3,(H,36,40)(H,41,42)(H,33,35,39). The minimum Gasteiger partial charge on any atom is -0.474 e. The van der Waals surface area contributed by atoms with Gasteiger partial charge >= 0.3 is 18.3 Å². The summed E-state index contributed by atoms with van der Waals surface area (Å²) >= 11 is 0. The maximum Gasteiger partial charge on any atom is 0.413 e. The van der Waals surface area contributed by atoms with Gasteiger partial charge in [-0.3, -0.25) is 15.5 Å². The third-order valence-corrected chi connectivity index (χ3v) is 7.32. The number of nitrogens with zero attached hydrogens (tertiary/aromatic N) is 5. The molecule has 0 aliphatic carbocycles. The molecule has 6 rings (SSSR count). The summed E-state index contributed by atoms with van der Waals surface area (Å²) in [7, 11) is 0. The Morgan fingerprint density at radius 3 is 2.62 bits per heavy atom. The number of hydrogen-bond donors (Lipinski definition) is 3. The van der Waals surface area contributed by atoms with E-state index in [4.69, 9.17) is 14.2 Å². The van der Waals surface area contributed by atoms with E-state index in [0.717, 1.165) is 10.7 Å². The fraction of sp³-hybridized carbons (Fsp3) is 0.333. The summed E-state index contributed by atoms with van der Waals surface area (Å²) in [6.45, 7) is 7.33. The number of carboxylic acid groups (broad SMARTS) is 1. The monoisotopic (exact) mass is 619 g/mol. The van der Waals surface area contributed by atoms with Gasteiger partial charge in [0.1, 0.15) is 35.6 Å². The second-order valence-electron chi connectivity index (χ2n) is 11.6. The van der Waals surface area contributed by atoms with Crippen LogP contribution in [0.2, 0.25) is 0 Å². The molecular formula is C30H30FN7O7. The van der Waals surface area contributed by atoms with Crippen LogP contribution in [0, 0.1) is 12.7 Å². The molecule has 1 aromatic carbocycles. The number of pyridine rings is 2. The number of aromatic nitrogens is 4. The molecule has 3 N–H and O–H groups in total. The van der Waals surface area contributed by atoms with Crippen LogP contribution in [-0.4, -0.2) is 67.8 Å². The normalized spacial score (nSPS) is 15.6. The minimum atomic E-state index is -1.20. The van der Waals surface area contributed by atoms with Gasteiger partial charge in [0.05, 0.1) is 18.8 Å². The van der Waals surface area contributed by atoms with Crippen molar-refractivity contribution in [3.8, 4) is 17.0 Å². The van der Waals surface area contributed by atoms with Crippen molar-refractivity contribution >= 4 is 46.2 Å². The topological polar surface area (TPSA) is 170 Å². The Hall–Kier alpha value is -5.47. The molecule has 2 aliphatic rings. The zero-order valence-corrected chi connectivity index (χ0v) is 24.9. The Kier molecular flexibility index (Phi) is 7.38. The predicted octanol–water partition coefficient (Wildman–Crippen LogP) is 5.34. The molecule has 45 heavy (non-hydrogen) atoms. The number of amides is 3. The van der Waals surface area contributed by atoms with Gasteiger partial charge in [-0.25, -0.2) is 33.7 Å². The van der Waals surface area contributed by atoms with Crippen LogP contribution >= 0.6 is 0 Å². The number of anilines is 3. The highest BCUT2D eigenvalue weighted by molar-refractivity contribution is 6.04. The van der Waals surface area contributed by atoms with Crippen molar-refractivity contribution in [3.63, 3.8) is 0 Å². The van der Waals surface area contributed by atoms with E-state index in [1.807, 2.05) is 10.8 Å². The zero-order chi connectivity index (χ0) is 32.0. The molecule has 1 atom stereocenters. The number of imidazole rings is 1. The molecule has 0 fully saturated rings. The summed E-state index contributed by atoms with van der Waals surface area (Å²) in [5.74, 6) is 0.228. The summed E-state index contributed by atoms with van der Waals surface area (Å²) in [5, 5.41) is 15.5. The first-order valence-electron chi connectivity index (χ1n) is 14.1. The van der Waals surface area contributed by atoms with Crippen molar-refractivity contribution in [1.29, 1.82) is 0 Å². The number of benzene rings is 1. The summed E-state index contributed by atoms with van der Waals surface area (Å²) in [6.07, 6.45) is 3.45. The van der Waals surface area contributed by atoms with Gasteiger partial charge in [-0.1, -0.05) is 0 Å². The number of halogens is 1. The molecule has 0 radical (unpaired) electrons. The fourth-order valence-electron chi connectivity index (χ4n) is 5.41. The van der Waals surface area contributed by atoms with E-state index in [1.54, 1.807) is 33.9 Å². The number of ether oxygens (including phenoxy) is 3. The Labute approximate surface area is 256 Å². The maximum absolute atomic E-state index is 16.4. The SMILES string of the molecule is Cc1c(-c2cc3cc(NC(=O)OC4Cc5nccn5C4)ncc3c(NC(=O)OC(C)(C)C)c2F)cnc2c1N(C(=O)O)CCO2. The van der Waals surface area contributed by atoms with Crippen LogP contribution in [-0.2, 0) is 22.4 Å². The van der Waals surface area contributed by atoms with E-state index in [9.17, 15) is 19.5 Å². The van der Waals surface area contributed by atoms with Crippen molar-refractivity contribution in [3.05, 3.63) is 54.1 Å². The molecule has 234 valence electrons. The molecular weight excluding hydrogens is 589 g/mol. The first-order chi connectivity index (χ1) is 21.4. The number of carbonyl (C=O) groups is 3. The molecule has 4 aromatic rings. The first kappa shape index (κ1) is 29.6. The van der Waals surface area contributed by atoms with E-state index in [1.165, 1.54) is 24.5 Å². The van der Waals surface area contributed by atoms with Gasteiger partial charge in [0.15, 0.2) is 5.82 Å². The average Bonchev–Trinajstić information content (AvgIpc) is 3.55. The Balaban J connectivity index is 1.38. The van der Waals surface area contributed by atoms with Gasteiger partial charge in [0.25, 0.3) is 0 Å². The second kappa shape index (κ2) is 11.2. The van der Waals surface area contributed by atoms with E-state index in [2.05, 4.69) is 25.6 Å². The molecule has 15 heteroatoms. The van der Waals surface area contributed by atoms with E-state index >= 15 is 4.39 Å². The lowest BCUT2D eigenvalue weighted by Crippen LogP contribution is -2.37. The lowest BCUT2D eigenvalue weighted by atomic mass is 9.96. The summed E-state index contributed by atoms with van der Waals surface area (Å²) < 4.78 is 34.8. The van der Waals surface area contributed by atoms with Gasteiger partial charge < -0.3 is 23.9 Å². The first-order valence-corrected chi connectivity index (χ1v) is 14.1. The second-order valence-corrected chi connectivity index (χ2v) is 11.6. The summed E-state index contributed by atoms with van der Waals surface area (Å²) in [5.41, 5.74) is -0.209. The van der Waals surface area contributed by atoms with Crippen LogP contribution in [0.3, 0.4) is 0 Å². The highest BCUT2D eigenvalue weighted by atomic mass is 19.1. The van der Waals surface area contributed by atoms with E-state index in [0.29, 0.717) is 23.9 Å². The molecule has 1 unspecified atom stereocenters. The van der Waals surface area contributed by atoms with Crippen LogP contribution in [0.25, 0.3) is 21.9 Å². The highest BCUT2D eigenvalue weighted by Gasteiger charge is 2.30. The van der Waals surface area contributed by atoms with Crippen molar-refractivity contribution in [2.45, 2.75) is 52.4 Å². The Morgan fingerprint density at radius 2 is 1.89 bits per heavy atom.